The van der Waals surface area contributed by atoms with Crippen molar-refractivity contribution < 1.29 is 14.6 Å². The summed E-state index contributed by atoms with van der Waals surface area (Å²) in [7, 11) is 1.59. The smallest absolute Gasteiger partial charge is 0.335 e. The highest BCUT2D eigenvalue weighted by Gasteiger charge is 2.11. The van der Waals surface area contributed by atoms with E-state index < -0.39 is 5.97 Å². The van der Waals surface area contributed by atoms with Crippen LogP contribution in [0.5, 0.6) is 5.75 Å². The highest BCUT2D eigenvalue weighted by molar-refractivity contribution is 9.10. The van der Waals surface area contributed by atoms with Gasteiger partial charge in [-0.1, -0.05) is 21.1 Å². The topological polar surface area (TPSA) is 77.2 Å². The van der Waals surface area contributed by atoms with E-state index in [0.29, 0.717) is 11.3 Å². The number of carbonyl (C=O) groups is 1. The Hall–Kier alpha value is -2.41. The third-order valence-electron chi connectivity index (χ3n) is 3.03. The summed E-state index contributed by atoms with van der Waals surface area (Å²) in [6, 6.07) is 10.2. The van der Waals surface area contributed by atoms with Gasteiger partial charge in [-0.3, -0.25) is 0 Å². The summed E-state index contributed by atoms with van der Waals surface area (Å²) in [6.45, 7) is 0. The van der Waals surface area contributed by atoms with Crippen LogP contribution >= 0.6 is 15.9 Å². The van der Waals surface area contributed by atoms with Crippen LogP contribution in [0, 0.1) is 0 Å². The van der Waals surface area contributed by atoms with Gasteiger partial charge in [0.15, 0.2) is 0 Å². The number of carboxylic acids is 1. The molecule has 1 N–H and O–H groups in total. The van der Waals surface area contributed by atoms with Gasteiger partial charge in [0.25, 0.3) is 0 Å². The number of aromatic nitrogens is 3. The van der Waals surface area contributed by atoms with Crippen molar-refractivity contribution in [2.45, 2.75) is 0 Å². The Kier molecular flexibility index (Phi) is 3.34. The largest absolute Gasteiger partial charge is 0.497 e. The van der Waals surface area contributed by atoms with Crippen molar-refractivity contribution in [2.75, 3.05) is 7.11 Å². The van der Waals surface area contributed by atoms with E-state index in [2.05, 4.69) is 26.2 Å². The summed E-state index contributed by atoms with van der Waals surface area (Å²) in [4.78, 5) is 11.0. The van der Waals surface area contributed by atoms with Crippen molar-refractivity contribution in [2.24, 2.45) is 0 Å². The van der Waals surface area contributed by atoms with Gasteiger partial charge in [-0.15, -0.1) is 5.10 Å². The van der Waals surface area contributed by atoms with Gasteiger partial charge >= 0.3 is 5.97 Å². The van der Waals surface area contributed by atoms with Crippen LogP contribution in [0.25, 0.3) is 16.7 Å². The van der Waals surface area contributed by atoms with Crippen LogP contribution in [0.3, 0.4) is 0 Å². The third kappa shape index (κ3) is 2.47. The average molecular weight is 348 g/mol. The molecule has 7 heteroatoms. The SMILES string of the molecule is COc1cc(Br)cc(-n2nnc3cc(C(=O)O)ccc32)c1. The van der Waals surface area contributed by atoms with Crippen molar-refractivity contribution in [3.63, 3.8) is 0 Å². The van der Waals surface area contributed by atoms with Gasteiger partial charge in [-0.2, -0.15) is 0 Å². The minimum atomic E-state index is -0.990. The summed E-state index contributed by atoms with van der Waals surface area (Å²) in [6.07, 6.45) is 0. The van der Waals surface area contributed by atoms with Crippen LogP contribution in [0.1, 0.15) is 10.4 Å². The van der Waals surface area contributed by atoms with Crippen molar-refractivity contribution in [3.8, 4) is 11.4 Å². The second-order valence-electron chi connectivity index (χ2n) is 4.36. The predicted octanol–water partition coefficient (Wildman–Crippen LogP) is 2.89. The maximum atomic E-state index is 11.0. The van der Waals surface area contributed by atoms with Crippen LogP contribution in [0.4, 0.5) is 0 Å². The zero-order valence-electron chi connectivity index (χ0n) is 10.9. The molecule has 0 saturated heterocycles. The van der Waals surface area contributed by atoms with E-state index in [0.717, 1.165) is 15.7 Å². The number of carboxylic acid groups (broad SMARTS) is 1. The lowest BCUT2D eigenvalue weighted by atomic mass is 10.2. The van der Waals surface area contributed by atoms with E-state index in [1.54, 1.807) is 17.9 Å². The first-order chi connectivity index (χ1) is 10.1. The van der Waals surface area contributed by atoms with Crippen LogP contribution < -0.4 is 4.74 Å². The first-order valence-corrected chi connectivity index (χ1v) is 6.81. The Morgan fingerprint density at radius 1 is 1.29 bits per heavy atom. The molecular formula is C14H10BrN3O3. The molecule has 0 saturated carbocycles. The van der Waals surface area contributed by atoms with E-state index in [1.165, 1.54) is 12.1 Å². The minimum absolute atomic E-state index is 0.182. The van der Waals surface area contributed by atoms with Crippen molar-refractivity contribution >= 4 is 32.9 Å². The van der Waals surface area contributed by atoms with E-state index in [4.69, 9.17) is 9.84 Å². The van der Waals surface area contributed by atoms with Crippen LogP contribution in [0.15, 0.2) is 40.9 Å². The summed E-state index contributed by atoms with van der Waals surface area (Å²) in [5.74, 6) is -0.305. The Morgan fingerprint density at radius 3 is 2.81 bits per heavy atom. The van der Waals surface area contributed by atoms with E-state index in [-0.39, 0.29) is 5.56 Å². The fourth-order valence-electron chi connectivity index (χ4n) is 2.04. The summed E-state index contributed by atoms with van der Waals surface area (Å²) >= 11 is 3.41. The second-order valence-corrected chi connectivity index (χ2v) is 5.27. The second kappa shape index (κ2) is 5.17. The maximum Gasteiger partial charge on any atom is 0.335 e. The van der Waals surface area contributed by atoms with Gasteiger partial charge in [0.1, 0.15) is 11.3 Å². The number of hydrogen-bond donors (Lipinski definition) is 1. The van der Waals surface area contributed by atoms with Crippen molar-refractivity contribution in [3.05, 3.63) is 46.4 Å². The molecule has 21 heavy (non-hydrogen) atoms. The number of methoxy groups -OCH3 is 1. The average Bonchev–Trinajstić information content (AvgIpc) is 2.89. The molecule has 0 atom stereocenters. The fraction of sp³-hybridized carbons (Fsp3) is 0.0714. The lowest BCUT2D eigenvalue weighted by Gasteiger charge is -2.06. The molecule has 0 radical (unpaired) electrons. The molecule has 6 nitrogen and oxygen atoms in total. The molecule has 0 aliphatic rings. The van der Waals surface area contributed by atoms with E-state index in [1.807, 2.05) is 18.2 Å². The maximum absolute atomic E-state index is 11.0. The van der Waals surface area contributed by atoms with Gasteiger partial charge < -0.3 is 9.84 Å². The standard InChI is InChI=1S/C14H10BrN3O3/c1-21-11-6-9(15)5-10(7-11)18-13-3-2-8(14(19)20)4-12(13)16-17-18/h2-7H,1H3,(H,19,20). The number of halogens is 1. The third-order valence-corrected chi connectivity index (χ3v) is 3.49. The Balaban J connectivity index is 2.17. The van der Waals surface area contributed by atoms with Crippen molar-refractivity contribution in [1.29, 1.82) is 0 Å². The number of ether oxygens (including phenoxy) is 1. The molecule has 0 amide bonds. The summed E-state index contributed by atoms with van der Waals surface area (Å²) in [5.41, 5.74) is 2.20. The zero-order valence-corrected chi connectivity index (χ0v) is 12.5. The Morgan fingerprint density at radius 2 is 2.10 bits per heavy atom. The first-order valence-electron chi connectivity index (χ1n) is 6.02. The van der Waals surface area contributed by atoms with Gasteiger partial charge in [0.05, 0.1) is 23.9 Å². The van der Waals surface area contributed by atoms with Gasteiger partial charge in [-0.05, 0) is 30.3 Å². The molecular weight excluding hydrogens is 338 g/mol. The normalized spacial score (nSPS) is 10.8. The monoisotopic (exact) mass is 347 g/mol. The lowest BCUT2D eigenvalue weighted by Crippen LogP contribution is -1.98. The first kappa shape index (κ1) is 13.6. The molecule has 0 unspecified atom stereocenters. The molecule has 3 rings (SSSR count). The summed E-state index contributed by atoms with van der Waals surface area (Å²) < 4.78 is 7.71. The van der Waals surface area contributed by atoms with Crippen LogP contribution in [-0.4, -0.2) is 33.2 Å². The molecule has 0 aliphatic heterocycles. The highest BCUT2D eigenvalue weighted by Crippen LogP contribution is 2.25. The molecule has 0 bridgehead atoms. The number of aromatic carboxylic acids is 1. The molecule has 1 heterocycles. The van der Waals surface area contributed by atoms with Gasteiger partial charge in [0.2, 0.25) is 0 Å². The summed E-state index contributed by atoms with van der Waals surface area (Å²) in [5, 5.41) is 17.1. The molecule has 106 valence electrons. The number of nitrogens with zero attached hydrogens (tertiary/aromatic N) is 3. The molecule has 0 fully saturated rings. The number of rotatable bonds is 3. The Labute approximate surface area is 128 Å². The number of fused-ring (bicyclic) bond motifs is 1. The van der Waals surface area contributed by atoms with Crippen LogP contribution in [-0.2, 0) is 0 Å². The number of hydrogen-bond acceptors (Lipinski definition) is 4. The fourth-order valence-corrected chi connectivity index (χ4v) is 2.50. The molecule has 3 aromatic rings. The number of benzene rings is 2. The van der Waals surface area contributed by atoms with Gasteiger partial charge in [0, 0.05) is 10.5 Å². The predicted molar refractivity (Wildman–Crippen MR) is 80.1 cm³/mol. The zero-order chi connectivity index (χ0) is 15.0. The molecule has 2 aromatic carbocycles. The lowest BCUT2D eigenvalue weighted by molar-refractivity contribution is 0.0697. The van der Waals surface area contributed by atoms with E-state index in [9.17, 15) is 4.79 Å². The molecule has 0 spiro atoms. The minimum Gasteiger partial charge on any atom is -0.497 e. The Bertz CT molecular complexity index is 845. The highest BCUT2D eigenvalue weighted by atomic mass is 79.9. The van der Waals surface area contributed by atoms with Crippen molar-refractivity contribution in [1.82, 2.24) is 15.0 Å². The van der Waals surface area contributed by atoms with Gasteiger partial charge in [-0.25, -0.2) is 9.48 Å². The molecule has 0 aliphatic carbocycles. The van der Waals surface area contributed by atoms with Crippen LogP contribution in [0.2, 0.25) is 0 Å². The molecule has 1 aromatic heterocycles. The quantitative estimate of drug-likeness (QED) is 0.788. The van der Waals surface area contributed by atoms with E-state index >= 15 is 0 Å².